The van der Waals surface area contributed by atoms with Gasteiger partial charge in [0.25, 0.3) is 0 Å². The van der Waals surface area contributed by atoms with Crippen molar-refractivity contribution in [1.82, 2.24) is 4.90 Å². The molecule has 0 bridgehead atoms. The van der Waals surface area contributed by atoms with Crippen LogP contribution in [0.3, 0.4) is 0 Å². The molecule has 1 fully saturated rings. The Labute approximate surface area is 143 Å². The van der Waals surface area contributed by atoms with Gasteiger partial charge in [-0.25, -0.2) is 0 Å². The number of rotatable bonds is 5. The predicted octanol–water partition coefficient (Wildman–Crippen LogP) is 3.46. The van der Waals surface area contributed by atoms with E-state index < -0.39 is 0 Å². The van der Waals surface area contributed by atoms with E-state index in [1.165, 1.54) is 12.8 Å². The Morgan fingerprint density at radius 2 is 1.79 bits per heavy atom. The van der Waals surface area contributed by atoms with Gasteiger partial charge in [0.05, 0.1) is 11.6 Å². The molecule has 2 amide bonds. The molecule has 0 atom stereocenters. The normalized spacial score (nSPS) is 15.2. The van der Waals surface area contributed by atoms with E-state index in [9.17, 15) is 9.59 Å². The number of carbonyl (C=O) groups is 2. The van der Waals surface area contributed by atoms with E-state index in [0.717, 1.165) is 25.7 Å². The van der Waals surface area contributed by atoms with E-state index in [1.807, 2.05) is 11.0 Å². The van der Waals surface area contributed by atoms with Crippen LogP contribution in [0.2, 0.25) is 0 Å². The largest absolute Gasteiger partial charge is 0.339 e. The fourth-order valence-corrected chi connectivity index (χ4v) is 3.24. The molecule has 0 unspecified atom stereocenters. The number of nitriles is 1. The van der Waals surface area contributed by atoms with Gasteiger partial charge in [0.2, 0.25) is 11.8 Å². The Hall–Kier alpha value is -2.35. The first-order valence-corrected chi connectivity index (χ1v) is 8.67. The molecule has 5 heteroatoms. The number of carbonyl (C=O) groups excluding carboxylic acids is 2. The average molecular weight is 327 g/mol. The van der Waals surface area contributed by atoms with Crippen molar-refractivity contribution in [2.45, 2.75) is 57.9 Å². The Bertz CT molecular complexity index is 596. The van der Waals surface area contributed by atoms with Gasteiger partial charge < -0.3 is 10.2 Å². The molecule has 1 aromatic rings. The van der Waals surface area contributed by atoms with Crippen molar-refractivity contribution in [3.63, 3.8) is 0 Å². The molecule has 0 heterocycles. The lowest BCUT2D eigenvalue weighted by atomic mass is 10.1. The van der Waals surface area contributed by atoms with Crippen molar-refractivity contribution in [2.24, 2.45) is 0 Å². The number of nitrogens with zero attached hydrogens (tertiary/aromatic N) is 2. The molecule has 0 aliphatic heterocycles. The molecular formula is C19H25N3O2. The number of benzene rings is 1. The fourth-order valence-electron chi connectivity index (χ4n) is 3.24. The summed E-state index contributed by atoms with van der Waals surface area (Å²) in [6, 6.07) is 9.08. The predicted molar refractivity (Wildman–Crippen MR) is 93.3 cm³/mol. The first kappa shape index (κ1) is 18.0. The number of anilines is 1. The van der Waals surface area contributed by atoms with Crippen LogP contribution in [0.15, 0.2) is 24.3 Å². The molecule has 1 aliphatic carbocycles. The van der Waals surface area contributed by atoms with Crippen molar-refractivity contribution in [1.29, 1.82) is 5.26 Å². The molecule has 24 heavy (non-hydrogen) atoms. The standard InChI is InChI=1S/C19H25N3O2/c1-15(23)22(18-6-4-2-3-5-7-18)13-12-19(24)21-17-10-8-16(14-20)9-11-17/h8-11,18H,2-7,12-13H2,1H3,(H,21,24). The Balaban J connectivity index is 1.87. The van der Waals surface area contributed by atoms with Crippen LogP contribution in [0, 0.1) is 11.3 Å². The highest BCUT2D eigenvalue weighted by atomic mass is 16.2. The van der Waals surface area contributed by atoms with Gasteiger partial charge in [0, 0.05) is 31.6 Å². The zero-order chi connectivity index (χ0) is 17.4. The number of amides is 2. The molecule has 5 nitrogen and oxygen atoms in total. The molecule has 1 N–H and O–H groups in total. The van der Waals surface area contributed by atoms with Crippen LogP contribution in [-0.2, 0) is 9.59 Å². The van der Waals surface area contributed by atoms with E-state index in [2.05, 4.69) is 5.32 Å². The first-order valence-electron chi connectivity index (χ1n) is 8.67. The second-order valence-electron chi connectivity index (χ2n) is 6.35. The third-order valence-corrected chi connectivity index (χ3v) is 4.55. The topological polar surface area (TPSA) is 73.2 Å². The summed E-state index contributed by atoms with van der Waals surface area (Å²) in [5.41, 5.74) is 1.23. The van der Waals surface area contributed by atoms with Crippen molar-refractivity contribution < 1.29 is 9.59 Å². The Morgan fingerprint density at radius 1 is 1.17 bits per heavy atom. The minimum atomic E-state index is -0.112. The molecule has 1 saturated carbocycles. The second kappa shape index (κ2) is 9.07. The molecule has 0 spiro atoms. The van der Waals surface area contributed by atoms with Crippen molar-refractivity contribution in [3.05, 3.63) is 29.8 Å². The van der Waals surface area contributed by atoms with Crippen molar-refractivity contribution in [2.75, 3.05) is 11.9 Å². The maximum atomic E-state index is 12.1. The molecular weight excluding hydrogens is 302 g/mol. The van der Waals surface area contributed by atoms with Crippen molar-refractivity contribution >= 4 is 17.5 Å². The minimum absolute atomic E-state index is 0.0491. The third-order valence-electron chi connectivity index (χ3n) is 4.55. The quantitative estimate of drug-likeness (QED) is 0.842. The van der Waals surface area contributed by atoms with Crippen LogP contribution in [-0.4, -0.2) is 29.3 Å². The smallest absolute Gasteiger partial charge is 0.226 e. The summed E-state index contributed by atoms with van der Waals surface area (Å²) in [7, 11) is 0. The van der Waals surface area contributed by atoms with Crippen molar-refractivity contribution in [3.8, 4) is 6.07 Å². The molecule has 1 aromatic carbocycles. The van der Waals surface area contributed by atoms with Gasteiger partial charge in [0.15, 0.2) is 0 Å². The third kappa shape index (κ3) is 5.38. The molecule has 0 saturated heterocycles. The molecule has 128 valence electrons. The fraction of sp³-hybridized carbons (Fsp3) is 0.526. The van der Waals surface area contributed by atoms with Crippen LogP contribution in [0.4, 0.5) is 5.69 Å². The summed E-state index contributed by atoms with van der Waals surface area (Å²) >= 11 is 0. The summed E-state index contributed by atoms with van der Waals surface area (Å²) < 4.78 is 0. The van der Waals surface area contributed by atoms with Gasteiger partial charge in [0.1, 0.15) is 0 Å². The maximum Gasteiger partial charge on any atom is 0.226 e. The van der Waals surface area contributed by atoms with Gasteiger partial charge in [-0.1, -0.05) is 25.7 Å². The lowest BCUT2D eigenvalue weighted by Crippen LogP contribution is -2.40. The molecule has 0 radical (unpaired) electrons. The zero-order valence-electron chi connectivity index (χ0n) is 14.3. The average Bonchev–Trinajstić information content (AvgIpc) is 2.85. The number of hydrogen-bond acceptors (Lipinski definition) is 3. The maximum absolute atomic E-state index is 12.1. The van der Waals surface area contributed by atoms with E-state index in [0.29, 0.717) is 17.8 Å². The van der Waals surface area contributed by atoms with Gasteiger partial charge >= 0.3 is 0 Å². The highest BCUT2D eigenvalue weighted by Crippen LogP contribution is 2.22. The summed E-state index contributed by atoms with van der Waals surface area (Å²) in [5, 5.41) is 11.6. The van der Waals surface area contributed by atoms with Gasteiger partial charge in [-0.05, 0) is 37.1 Å². The van der Waals surface area contributed by atoms with Crippen LogP contribution >= 0.6 is 0 Å². The minimum Gasteiger partial charge on any atom is -0.339 e. The van der Waals surface area contributed by atoms with Crippen LogP contribution in [0.1, 0.15) is 57.4 Å². The van der Waals surface area contributed by atoms with Gasteiger partial charge in [-0.2, -0.15) is 5.26 Å². The summed E-state index contributed by atoms with van der Waals surface area (Å²) in [6.45, 7) is 2.05. The number of nitrogens with one attached hydrogen (secondary N) is 1. The van der Waals surface area contributed by atoms with E-state index in [1.54, 1.807) is 31.2 Å². The summed E-state index contributed by atoms with van der Waals surface area (Å²) in [4.78, 5) is 26.0. The van der Waals surface area contributed by atoms with Crippen LogP contribution in [0.25, 0.3) is 0 Å². The van der Waals surface area contributed by atoms with Gasteiger partial charge in [-0.15, -0.1) is 0 Å². The summed E-state index contributed by atoms with van der Waals surface area (Å²) in [5.74, 6) is -0.0624. The molecule has 2 rings (SSSR count). The summed E-state index contributed by atoms with van der Waals surface area (Å²) in [6.07, 6.45) is 7.16. The number of hydrogen-bond donors (Lipinski definition) is 1. The SMILES string of the molecule is CC(=O)N(CCC(=O)Nc1ccc(C#N)cc1)C1CCCCCC1. The lowest BCUT2D eigenvalue weighted by molar-refractivity contribution is -0.131. The van der Waals surface area contributed by atoms with E-state index >= 15 is 0 Å². The lowest BCUT2D eigenvalue weighted by Gasteiger charge is -2.30. The zero-order valence-corrected chi connectivity index (χ0v) is 14.3. The second-order valence-corrected chi connectivity index (χ2v) is 6.35. The van der Waals surface area contributed by atoms with E-state index in [-0.39, 0.29) is 24.3 Å². The van der Waals surface area contributed by atoms with Crippen LogP contribution in [0.5, 0.6) is 0 Å². The molecule has 0 aromatic heterocycles. The molecule has 1 aliphatic rings. The van der Waals surface area contributed by atoms with Crippen LogP contribution < -0.4 is 5.32 Å². The highest BCUT2D eigenvalue weighted by molar-refractivity contribution is 5.91. The highest BCUT2D eigenvalue weighted by Gasteiger charge is 2.22. The van der Waals surface area contributed by atoms with E-state index in [4.69, 9.17) is 5.26 Å². The van der Waals surface area contributed by atoms with Gasteiger partial charge in [-0.3, -0.25) is 9.59 Å². The Morgan fingerprint density at radius 3 is 2.33 bits per heavy atom. The Kier molecular flexibility index (Phi) is 6.80. The monoisotopic (exact) mass is 327 g/mol. The first-order chi connectivity index (χ1) is 11.6.